The van der Waals surface area contributed by atoms with Crippen molar-refractivity contribution in [2.75, 3.05) is 6.61 Å². The molecule has 0 aromatic carbocycles. The normalized spacial score (nSPS) is 20.6. The van der Waals surface area contributed by atoms with Crippen LogP contribution in [0.15, 0.2) is 24.0 Å². The highest BCUT2D eigenvalue weighted by Crippen LogP contribution is 2.31. The quantitative estimate of drug-likeness (QED) is 0.169. The van der Waals surface area contributed by atoms with Crippen LogP contribution in [-0.4, -0.2) is 25.0 Å². The summed E-state index contributed by atoms with van der Waals surface area (Å²) < 4.78 is 17.3. The third kappa shape index (κ3) is 8.48. The molecule has 4 heteroatoms. The lowest BCUT2D eigenvalue weighted by molar-refractivity contribution is -0.191. The maximum atomic E-state index is 11.6. The van der Waals surface area contributed by atoms with Gasteiger partial charge in [0.2, 0.25) is 0 Å². The van der Waals surface area contributed by atoms with Crippen molar-refractivity contribution >= 4 is 5.97 Å². The van der Waals surface area contributed by atoms with Gasteiger partial charge in [-0.3, -0.25) is 0 Å². The molecule has 1 fully saturated rings. The van der Waals surface area contributed by atoms with Crippen LogP contribution in [0, 0.1) is 0 Å². The van der Waals surface area contributed by atoms with Gasteiger partial charge in [0.05, 0.1) is 11.7 Å². The number of cyclic esters (lactones) is 1. The van der Waals surface area contributed by atoms with Crippen LogP contribution in [0.3, 0.4) is 0 Å². The first-order valence-corrected chi connectivity index (χ1v) is 11.6. The lowest BCUT2D eigenvalue weighted by atomic mass is 9.99. The molecule has 0 aromatic rings. The van der Waals surface area contributed by atoms with Gasteiger partial charge in [0.15, 0.2) is 6.29 Å². The molecule has 0 saturated carbocycles. The van der Waals surface area contributed by atoms with E-state index in [-0.39, 0.29) is 18.4 Å². The highest BCUT2D eigenvalue weighted by Gasteiger charge is 2.31. The minimum Gasteiger partial charge on any atom is -0.427 e. The Bertz CT molecular complexity index is 491. The zero-order valence-electron chi connectivity index (χ0n) is 17.9. The van der Waals surface area contributed by atoms with Gasteiger partial charge in [0, 0.05) is 19.4 Å². The number of rotatable bonds is 16. The standard InChI is InChI=1S/C24H40O4/c1-3-5-6-7-8-9-10-11-12-16-20(27-23-17-13-14-18-26-23)19-22-21(15-4-2)24(25)28-22/h4,20,23H,2-3,5-19H2,1H3. The Kier molecular flexibility index (Phi) is 11.5. The van der Waals surface area contributed by atoms with Crippen LogP contribution in [0.25, 0.3) is 0 Å². The summed E-state index contributed by atoms with van der Waals surface area (Å²) in [6.07, 6.45) is 19.1. The predicted octanol–water partition coefficient (Wildman–Crippen LogP) is 6.60. The SMILES string of the molecule is C=CCC1=C(CC(CCCCCCCCCCC)OC2CCCCO2)OC1=O. The highest BCUT2D eigenvalue weighted by molar-refractivity contribution is 5.95. The molecule has 0 N–H and O–H groups in total. The lowest BCUT2D eigenvalue weighted by Crippen LogP contribution is -2.31. The summed E-state index contributed by atoms with van der Waals surface area (Å²) in [5.41, 5.74) is 0.764. The Morgan fingerprint density at radius 1 is 1.11 bits per heavy atom. The molecule has 2 unspecified atom stereocenters. The van der Waals surface area contributed by atoms with E-state index in [0.29, 0.717) is 12.8 Å². The fraction of sp³-hybridized carbons (Fsp3) is 0.792. The van der Waals surface area contributed by atoms with Crippen molar-refractivity contribution in [3.63, 3.8) is 0 Å². The van der Waals surface area contributed by atoms with E-state index >= 15 is 0 Å². The number of hydrogen-bond donors (Lipinski definition) is 0. The van der Waals surface area contributed by atoms with E-state index in [1.54, 1.807) is 6.08 Å². The van der Waals surface area contributed by atoms with E-state index in [4.69, 9.17) is 14.2 Å². The smallest absolute Gasteiger partial charge is 0.342 e. The maximum absolute atomic E-state index is 11.6. The Labute approximate surface area is 171 Å². The first-order chi connectivity index (χ1) is 13.7. The van der Waals surface area contributed by atoms with Crippen molar-refractivity contribution < 1.29 is 19.0 Å². The molecule has 0 aliphatic carbocycles. The molecular weight excluding hydrogens is 352 g/mol. The molecule has 1 saturated heterocycles. The van der Waals surface area contributed by atoms with Gasteiger partial charge >= 0.3 is 5.97 Å². The molecule has 0 spiro atoms. The van der Waals surface area contributed by atoms with Gasteiger partial charge in [0.1, 0.15) is 5.76 Å². The minimum absolute atomic E-state index is 0.0653. The zero-order chi connectivity index (χ0) is 20.0. The third-order valence-corrected chi connectivity index (χ3v) is 5.67. The van der Waals surface area contributed by atoms with Crippen molar-refractivity contribution in [1.29, 1.82) is 0 Å². The first-order valence-electron chi connectivity index (χ1n) is 11.6. The van der Waals surface area contributed by atoms with Crippen LogP contribution in [0.1, 0.15) is 103 Å². The zero-order valence-corrected chi connectivity index (χ0v) is 17.9. The monoisotopic (exact) mass is 392 g/mol. The number of unbranched alkanes of at least 4 members (excludes halogenated alkanes) is 8. The molecule has 0 amide bonds. The molecule has 0 radical (unpaired) electrons. The molecule has 2 rings (SSSR count). The second-order valence-electron chi connectivity index (χ2n) is 8.16. The van der Waals surface area contributed by atoms with E-state index in [1.807, 2.05) is 0 Å². The van der Waals surface area contributed by atoms with Gasteiger partial charge in [-0.1, -0.05) is 70.8 Å². The molecular formula is C24H40O4. The van der Waals surface area contributed by atoms with E-state index in [0.717, 1.165) is 50.0 Å². The van der Waals surface area contributed by atoms with E-state index < -0.39 is 0 Å². The van der Waals surface area contributed by atoms with Crippen LogP contribution < -0.4 is 0 Å². The summed E-state index contributed by atoms with van der Waals surface area (Å²) in [4.78, 5) is 11.6. The van der Waals surface area contributed by atoms with E-state index in [2.05, 4.69) is 13.5 Å². The van der Waals surface area contributed by atoms with Crippen molar-refractivity contribution in [3.05, 3.63) is 24.0 Å². The third-order valence-electron chi connectivity index (χ3n) is 5.67. The fourth-order valence-corrected chi connectivity index (χ4v) is 3.95. The molecule has 2 aliphatic rings. The van der Waals surface area contributed by atoms with Crippen molar-refractivity contribution in [2.45, 2.75) is 116 Å². The summed E-state index contributed by atoms with van der Waals surface area (Å²) in [5.74, 6) is 0.590. The van der Waals surface area contributed by atoms with E-state index in [1.165, 1.54) is 51.4 Å². The summed E-state index contributed by atoms with van der Waals surface area (Å²) in [5, 5.41) is 0. The number of ether oxygens (including phenoxy) is 3. The second kappa shape index (κ2) is 13.9. The molecule has 0 aromatic heterocycles. The van der Waals surface area contributed by atoms with Crippen LogP contribution in [0.4, 0.5) is 0 Å². The Balaban J connectivity index is 1.72. The van der Waals surface area contributed by atoms with Crippen molar-refractivity contribution in [1.82, 2.24) is 0 Å². The Morgan fingerprint density at radius 2 is 1.82 bits per heavy atom. The van der Waals surface area contributed by atoms with Gasteiger partial charge in [-0.25, -0.2) is 4.79 Å². The van der Waals surface area contributed by atoms with Crippen LogP contribution in [0.2, 0.25) is 0 Å². The molecule has 0 bridgehead atoms. The number of allylic oxidation sites excluding steroid dienone is 1. The minimum atomic E-state index is -0.203. The summed E-state index contributed by atoms with van der Waals surface area (Å²) in [6, 6.07) is 0. The average Bonchev–Trinajstić information content (AvgIpc) is 2.71. The number of hydrogen-bond acceptors (Lipinski definition) is 4. The van der Waals surface area contributed by atoms with Gasteiger partial charge < -0.3 is 14.2 Å². The molecule has 4 nitrogen and oxygen atoms in total. The highest BCUT2D eigenvalue weighted by atomic mass is 16.7. The second-order valence-corrected chi connectivity index (χ2v) is 8.16. The lowest BCUT2D eigenvalue weighted by Gasteiger charge is -2.30. The Hall–Kier alpha value is -1.13. The molecule has 2 aliphatic heterocycles. The maximum Gasteiger partial charge on any atom is 0.342 e. The summed E-state index contributed by atoms with van der Waals surface area (Å²) >= 11 is 0. The predicted molar refractivity (Wildman–Crippen MR) is 113 cm³/mol. The van der Waals surface area contributed by atoms with Gasteiger partial charge in [-0.2, -0.15) is 0 Å². The van der Waals surface area contributed by atoms with Gasteiger partial charge in [-0.05, 0) is 25.7 Å². The fourth-order valence-electron chi connectivity index (χ4n) is 3.95. The summed E-state index contributed by atoms with van der Waals surface area (Å²) in [6.45, 7) is 6.78. The molecule has 2 atom stereocenters. The molecule has 2 heterocycles. The topological polar surface area (TPSA) is 44.8 Å². The average molecular weight is 393 g/mol. The number of carbonyl (C=O) groups is 1. The van der Waals surface area contributed by atoms with Crippen LogP contribution in [0.5, 0.6) is 0 Å². The van der Waals surface area contributed by atoms with Crippen molar-refractivity contribution in [3.8, 4) is 0 Å². The van der Waals surface area contributed by atoms with E-state index in [9.17, 15) is 4.79 Å². The summed E-state index contributed by atoms with van der Waals surface area (Å²) in [7, 11) is 0. The number of carbonyl (C=O) groups excluding carboxylic acids is 1. The largest absolute Gasteiger partial charge is 0.427 e. The molecule has 28 heavy (non-hydrogen) atoms. The van der Waals surface area contributed by atoms with Crippen LogP contribution >= 0.6 is 0 Å². The van der Waals surface area contributed by atoms with Crippen molar-refractivity contribution in [2.24, 2.45) is 0 Å². The first kappa shape index (κ1) is 23.2. The number of esters is 1. The van der Waals surface area contributed by atoms with Gasteiger partial charge in [-0.15, -0.1) is 6.58 Å². The van der Waals surface area contributed by atoms with Crippen LogP contribution in [-0.2, 0) is 19.0 Å². The van der Waals surface area contributed by atoms with Gasteiger partial charge in [0.25, 0.3) is 0 Å². The Morgan fingerprint density at radius 3 is 2.43 bits per heavy atom. The molecule has 160 valence electrons.